The third-order valence-corrected chi connectivity index (χ3v) is 6.76. The number of hydrogen-bond donors (Lipinski definition) is 1. The molecule has 1 N–H and O–H groups in total. The van der Waals surface area contributed by atoms with E-state index in [1.807, 2.05) is 12.1 Å². The monoisotopic (exact) mass is 406 g/mol. The van der Waals surface area contributed by atoms with Crippen molar-refractivity contribution in [3.05, 3.63) is 41.5 Å². The van der Waals surface area contributed by atoms with Gasteiger partial charge in [0.15, 0.2) is 0 Å². The lowest BCUT2D eigenvalue weighted by molar-refractivity contribution is -0.143. The molecule has 5 nitrogen and oxygen atoms in total. The molecule has 0 bridgehead atoms. The maximum atomic E-state index is 11.2. The predicted molar refractivity (Wildman–Crippen MR) is 116 cm³/mol. The summed E-state index contributed by atoms with van der Waals surface area (Å²) >= 11 is 0. The summed E-state index contributed by atoms with van der Waals surface area (Å²) in [5.41, 5.74) is 1.77. The summed E-state index contributed by atoms with van der Waals surface area (Å²) in [6.45, 7) is 4.66. The summed E-state index contributed by atoms with van der Waals surface area (Å²) in [6.07, 6.45) is 6.07. The van der Waals surface area contributed by atoms with Crippen LogP contribution in [0.25, 0.3) is 10.8 Å². The van der Waals surface area contributed by atoms with Gasteiger partial charge in [-0.1, -0.05) is 25.1 Å². The van der Waals surface area contributed by atoms with Crippen LogP contribution in [0.5, 0.6) is 5.75 Å². The molecular weight excluding hydrogens is 376 g/mol. The van der Waals surface area contributed by atoms with E-state index in [-0.39, 0.29) is 12.0 Å². The van der Waals surface area contributed by atoms with Crippen molar-refractivity contribution in [2.45, 2.75) is 58.1 Å². The zero-order valence-corrected chi connectivity index (χ0v) is 17.6. The summed E-state index contributed by atoms with van der Waals surface area (Å²) in [5, 5.41) is 21.1. The molecule has 30 heavy (non-hydrogen) atoms. The van der Waals surface area contributed by atoms with Crippen molar-refractivity contribution >= 4 is 16.7 Å². The molecule has 1 aliphatic heterocycles. The van der Waals surface area contributed by atoms with Gasteiger partial charge in [0.05, 0.1) is 12.0 Å². The van der Waals surface area contributed by atoms with Crippen LogP contribution in [-0.2, 0) is 11.3 Å². The minimum absolute atomic E-state index is 0.199. The van der Waals surface area contributed by atoms with Gasteiger partial charge in [0, 0.05) is 11.9 Å². The Balaban J connectivity index is 1.51. The highest BCUT2D eigenvalue weighted by atomic mass is 16.5. The molecule has 0 spiro atoms. The van der Waals surface area contributed by atoms with Gasteiger partial charge in [-0.3, -0.25) is 9.69 Å². The zero-order valence-electron chi connectivity index (χ0n) is 17.6. The summed E-state index contributed by atoms with van der Waals surface area (Å²) < 4.78 is 6.27. The predicted octanol–water partition coefficient (Wildman–Crippen LogP) is 4.97. The smallest absolute Gasteiger partial charge is 0.306 e. The lowest BCUT2D eigenvalue weighted by Crippen LogP contribution is -2.35. The molecule has 2 aromatic carbocycles. The number of piperidine rings is 1. The third kappa shape index (κ3) is 4.60. The molecule has 158 valence electrons. The van der Waals surface area contributed by atoms with Crippen LogP contribution in [0.2, 0.25) is 0 Å². The largest absolute Gasteiger partial charge is 0.489 e. The lowest BCUT2D eigenvalue weighted by Gasteiger charge is -2.30. The SMILES string of the molecule is C[C@H]1CC[C@@H](Oc2ccc3ccc(CN4CCC(C(=O)O)CC4)cc3c2C#N)CC1. The van der Waals surface area contributed by atoms with E-state index in [1.165, 1.54) is 12.8 Å². The normalized spacial score (nSPS) is 23.2. The molecule has 4 rings (SSSR count). The highest BCUT2D eigenvalue weighted by Crippen LogP contribution is 2.33. The number of hydrogen-bond acceptors (Lipinski definition) is 4. The van der Waals surface area contributed by atoms with Gasteiger partial charge in [-0.15, -0.1) is 0 Å². The first-order valence-electron chi connectivity index (χ1n) is 11.1. The molecular formula is C25H30N2O3. The van der Waals surface area contributed by atoms with E-state index in [1.54, 1.807) is 0 Å². The van der Waals surface area contributed by atoms with Crippen molar-refractivity contribution in [3.8, 4) is 11.8 Å². The molecule has 5 heteroatoms. The molecule has 2 aliphatic rings. The summed E-state index contributed by atoms with van der Waals surface area (Å²) in [4.78, 5) is 13.5. The Morgan fingerprint density at radius 3 is 2.50 bits per heavy atom. The van der Waals surface area contributed by atoms with E-state index in [2.05, 4.69) is 36.1 Å². The van der Waals surface area contributed by atoms with Crippen LogP contribution in [0, 0.1) is 23.2 Å². The Bertz CT molecular complexity index is 949. The molecule has 1 saturated heterocycles. The van der Waals surface area contributed by atoms with E-state index >= 15 is 0 Å². The maximum absolute atomic E-state index is 11.2. The molecule has 2 aromatic rings. The number of nitrogens with zero attached hydrogens (tertiary/aromatic N) is 2. The van der Waals surface area contributed by atoms with Crippen molar-refractivity contribution in [2.24, 2.45) is 11.8 Å². The first-order chi connectivity index (χ1) is 14.5. The number of nitriles is 1. The molecule has 2 fully saturated rings. The second-order valence-corrected chi connectivity index (χ2v) is 8.99. The standard InChI is InChI=1S/C25H30N2O3/c1-17-2-7-21(8-3-17)30-24-9-6-19-5-4-18(14-22(19)23(24)15-26)16-27-12-10-20(11-13-27)25(28)29/h4-6,9,14,17,20-21H,2-3,7-8,10-13,16H2,1H3,(H,28,29)/t17-,21+. The molecule has 1 aliphatic carbocycles. The molecule has 0 aromatic heterocycles. The number of aliphatic carboxylic acids is 1. The highest BCUT2D eigenvalue weighted by molar-refractivity contribution is 5.90. The first-order valence-corrected chi connectivity index (χ1v) is 11.1. The maximum Gasteiger partial charge on any atom is 0.306 e. The fourth-order valence-corrected chi connectivity index (χ4v) is 4.78. The molecule has 1 saturated carbocycles. The Labute approximate surface area is 178 Å². The Morgan fingerprint density at radius 2 is 1.83 bits per heavy atom. The summed E-state index contributed by atoms with van der Waals surface area (Å²) in [6, 6.07) is 12.6. The van der Waals surface area contributed by atoms with Crippen LogP contribution < -0.4 is 4.74 Å². The molecule has 0 unspecified atom stereocenters. The van der Waals surface area contributed by atoms with E-state index in [0.717, 1.165) is 54.7 Å². The van der Waals surface area contributed by atoms with Gasteiger partial charge in [0.25, 0.3) is 0 Å². The Hall–Kier alpha value is -2.58. The number of fused-ring (bicyclic) bond motifs is 1. The quantitative estimate of drug-likeness (QED) is 0.759. The zero-order chi connectivity index (χ0) is 21.1. The van der Waals surface area contributed by atoms with Gasteiger partial charge in [-0.25, -0.2) is 0 Å². The van der Waals surface area contributed by atoms with Crippen molar-refractivity contribution in [3.63, 3.8) is 0 Å². The van der Waals surface area contributed by atoms with Crippen molar-refractivity contribution < 1.29 is 14.6 Å². The molecule has 0 atom stereocenters. The fraction of sp³-hybridized carbons (Fsp3) is 0.520. The van der Waals surface area contributed by atoms with Crippen LogP contribution in [0.1, 0.15) is 56.6 Å². The molecule has 1 heterocycles. The van der Waals surface area contributed by atoms with E-state index in [4.69, 9.17) is 4.74 Å². The first kappa shape index (κ1) is 20.7. The molecule has 0 radical (unpaired) electrons. The van der Waals surface area contributed by atoms with E-state index < -0.39 is 5.97 Å². The van der Waals surface area contributed by atoms with Crippen LogP contribution in [-0.4, -0.2) is 35.2 Å². The van der Waals surface area contributed by atoms with Crippen LogP contribution in [0.4, 0.5) is 0 Å². The van der Waals surface area contributed by atoms with Gasteiger partial charge in [-0.2, -0.15) is 5.26 Å². The Kier molecular flexibility index (Phi) is 6.24. The highest BCUT2D eigenvalue weighted by Gasteiger charge is 2.25. The van der Waals surface area contributed by atoms with E-state index in [9.17, 15) is 15.2 Å². The number of rotatable bonds is 5. The lowest BCUT2D eigenvalue weighted by atomic mass is 9.89. The van der Waals surface area contributed by atoms with Crippen LogP contribution in [0.15, 0.2) is 30.3 Å². The second-order valence-electron chi connectivity index (χ2n) is 8.99. The Morgan fingerprint density at radius 1 is 1.13 bits per heavy atom. The number of ether oxygens (including phenoxy) is 1. The minimum Gasteiger partial charge on any atom is -0.489 e. The number of carboxylic acid groups (broad SMARTS) is 1. The number of carbonyl (C=O) groups is 1. The summed E-state index contributed by atoms with van der Waals surface area (Å²) in [7, 11) is 0. The van der Waals surface area contributed by atoms with E-state index in [0.29, 0.717) is 24.2 Å². The molecule has 0 amide bonds. The topological polar surface area (TPSA) is 73.6 Å². The fourth-order valence-electron chi connectivity index (χ4n) is 4.78. The van der Waals surface area contributed by atoms with Crippen LogP contribution in [0.3, 0.4) is 0 Å². The average Bonchev–Trinajstić information content (AvgIpc) is 2.75. The van der Waals surface area contributed by atoms with Gasteiger partial charge >= 0.3 is 5.97 Å². The van der Waals surface area contributed by atoms with Gasteiger partial charge < -0.3 is 9.84 Å². The second kappa shape index (κ2) is 9.06. The minimum atomic E-state index is -0.682. The third-order valence-electron chi connectivity index (χ3n) is 6.76. The van der Waals surface area contributed by atoms with Gasteiger partial charge in [0.2, 0.25) is 0 Å². The van der Waals surface area contributed by atoms with Crippen molar-refractivity contribution in [2.75, 3.05) is 13.1 Å². The number of benzene rings is 2. The van der Waals surface area contributed by atoms with Gasteiger partial charge in [0.1, 0.15) is 17.4 Å². The van der Waals surface area contributed by atoms with Crippen molar-refractivity contribution in [1.29, 1.82) is 5.26 Å². The number of carboxylic acids is 1. The van der Waals surface area contributed by atoms with Crippen LogP contribution >= 0.6 is 0 Å². The average molecular weight is 407 g/mol. The van der Waals surface area contributed by atoms with Crippen molar-refractivity contribution in [1.82, 2.24) is 4.90 Å². The number of likely N-dealkylation sites (tertiary alicyclic amines) is 1. The summed E-state index contributed by atoms with van der Waals surface area (Å²) in [5.74, 6) is 0.563. The van der Waals surface area contributed by atoms with Gasteiger partial charge in [-0.05, 0) is 80.6 Å².